The Hall–Kier alpha value is -2.61. The number of pyridine rings is 2. The van der Waals surface area contributed by atoms with Crippen LogP contribution < -0.4 is 10.7 Å². The van der Waals surface area contributed by atoms with Gasteiger partial charge in [-0.15, -0.1) is 0 Å². The number of aromatic nitrogens is 2. The number of aryl methyl sites for hydroxylation is 2. The molecule has 0 aliphatic heterocycles. The van der Waals surface area contributed by atoms with E-state index in [-0.39, 0.29) is 5.43 Å². The average Bonchev–Trinajstić information content (AvgIpc) is 2.61. The van der Waals surface area contributed by atoms with Crippen LogP contribution in [0, 0.1) is 13.8 Å². The van der Waals surface area contributed by atoms with E-state index < -0.39 is 11.7 Å². The van der Waals surface area contributed by atoms with Crippen molar-refractivity contribution in [3.8, 4) is 11.1 Å². The molecule has 0 fully saturated rings. The van der Waals surface area contributed by atoms with Gasteiger partial charge in [0, 0.05) is 28.8 Å². The molecule has 3 rings (SSSR count). The first-order valence-electron chi connectivity index (χ1n) is 7.96. The average molecular weight is 438 g/mol. The van der Waals surface area contributed by atoms with Gasteiger partial charge in [-0.1, -0.05) is 12.1 Å². The van der Waals surface area contributed by atoms with Crippen LogP contribution >= 0.6 is 15.9 Å². The number of nitrogens with one attached hydrogen (secondary N) is 2. The molecule has 0 bridgehead atoms. The van der Waals surface area contributed by atoms with Crippen LogP contribution in [0.4, 0.5) is 24.7 Å². The van der Waals surface area contributed by atoms with Gasteiger partial charge in [0.05, 0.1) is 10.0 Å². The van der Waals surface area contributed by atoms with Crippen LogP contribution in [0.15, 0.2) is 51.9 Å². The second-order valence-electron chi connectivity index (χ2n) is 6.03. The minimum Gasteiger partial charge on any atom is -0.361 e. The first-order valence-corrected chi connectivity index (χ1v) is 8.76. The highest BCUT2D eigenvalue weighted by molar-refractivity contribution is 9.10. The third kappa shape index (κ3) is 4.05. The molecule has 2 aromatic heterocycles. The van der Waals surface area contributed by atoms with Gasteiger partial charge in [0.25, 0.3) is 0 Å². The van der Waals surface area contributed by atoms with Crippen molar-refractivity contribution in [1.82, 2.24) is 9.97 Å². The molecule has 140 valence electrons. The maximum Gasteiger partial charge on any atom is 0.417 e. The van der Waals surface area contributed by atoms with Crippen molar-refractivity contribution >= 4 is 27.4 Å². The number of alkyl halides is 3. The molecule has 0 amide bonds. The number of hydrogen-bond donors (Lipinski definition) is 2. The Morgan fingerprint density at radius 3 is 2.26 bits per heavy atom. The summed E-state index contributed by atoms with van der Waals surface area (Å²) in [5.74, 6) is 0.294. The van der Waals surface area contributed by atoms with Gasteiger partial charge < -0.3 is 10.3 Å². The second-order valence-corrected chi connectivity index (χ2v) is 6.82. The molecule has 0 atom stereocenters. The van der Waals surface area contributed by atoms with Gasteiger partial charge in [-0.3, -0.25) is 4.79 Å². The van der Waals surface area contributed by atoms with E-state index in [1.807, 2.05) is 13.8 Å². The van der Waals surface area contributed by atoms with Crippen molar-refractivity contribution in [2.24, 2.45) is 0 Å². The molecule has 8 heteroatoms. The Kier molecular flexibility index (Phi) is 5.10. The van der Waals surface area contributed by atoms with E-state index in [1.165, 1.54) is 6.07 Å². The van der Waals surface area contributed by atoms with Crippen LogP contribution in [0.5, 0.6) is 0 Å². The lowest BCUT2D eigenvalue weighted by molar-refractivity contribution is -0.137. The predicted molar refractivity (Wildman–Crippen MR) is 102 cm³/mol. The zero-order chi connectivity index (χ0) is 19.8. The molecule has 4 nitrogen and oxygen atoms in total. The summed E-state index contributed by atoms with van der Waals surface area (Å²) in [6.45, 7) is 3.64. The van der Waals surface area contributed by atoms with Gasteiger partial charge in [0.15, 0.2) is 0 Å². The molecule has 0 saturated heterocycles. The fraction of sp³-hybridized carbons (Fsp3) is 0.158. The Morgan fingerprint density at radius 1 is 1.04 bits per heavy atom. The zero-order valence-electron chi connectivity index (χ0n) is 14.4. The lowest BCUT2D eigenvalue weighted by atomic mass is 10.0. The normalized spacial score (nSPS) is 11.5. The van der Waals surface area contributed by atoms with Gasteiger partial charge in [-0.25, -0.2) is 4.98 Å². The van der Waals surface area contributed by atoms with Gasteiger partial charge in [-0.2, -0.15) is 13.2 Å². The summed E-state index contributed by atoms with van der Waals surface area (Å²) in [6.07, 6.45) is -3.64. The molecule has 3 aromatic rings. The van der Waals surface area contributed by atoms with Gasteiger partial charge in [0.2, 0.25) is 5.43 Å². The van der Waals surface area contributed by atoms with Gasteiger partial charge in [-0.05, 0) is 59.6 Å². The first-order chi connectivity index (χ1) is 12.7. The number of nitrogens with zero attached hydrogens (tertiary/aromatic N) is 1. The molecule has 2 N–H and O–H groups in total. The highest BCUT2D eigenvalue weighted by Crippen LogP contribution is 2.29. The van der Waals surface area contributed by atoms with E-state index in [1.54, 1.807) is 24.3 Å². The smallest absolute Gasteiger partial charge is 0.361 e. The predicted octanol–water partition coefficient (Wildman–Crippen LogP) is 5.58. The molecule has 0 aliphatic carbocycles. The molecule has 2 heterocycles. The maximum atomic E-state index is 12.6. The fourth-order valence-corrected chi connectivity index (χ4v) is 3.00. The van der Waals surface area contributed by atoms with E-state index in [0.29, 0.717) is 21.5 Å². The summed E-state index contributed by atoms with van der Waals surface area (Å²) in [5, 5.41) is 2.94. The first kappa shape index (κ1) is 19.2. The highest BCUT2D eigenvalue weighted by Gasteiger charge is 2.30. The Labute approximate surface area is 161 Å². The summed E-state index contributed by atoms with van der Waals surface area (Å²) in [7, 11) is 0. The molecule has 0 unspecified atom stereocenters. The monoisotopic (exact) mass is 437 g/mol. The second kappa shape index (κ2) is 7.19. The Morgan fingerprint density at radius 2 is 1.70 bits per heavy atom. The van der Waals surface area contributed by atoms with E-state index in [4.69, 9.17) is 0 Å². The summed E-state index contributed by atoms with van der Waals surface area (Å²) in [5.41, 5.74) is 2.55. The Bertz CT molecular complexity index is 1030. The standard InChI is InChI=1S/C19H15BrF3N3O/c1-10-16(18(27)17(20)11(2)25-10)12-3-6-14(7-4-12)26-15-8-5-13(9-24-15)19(21,22)23/h3-9H,1-2H3,(H,24,26)(H,25,27). The van der Waals surface area contributed by atoms with E-state index in [2.05, 4.69) is 31.2 Å². The third-order valence-electron chi connectivity index (χ3n) is 4.04. The van der Waals surface area contributed by atoms with Crippen LogP contribution in [-0.2, 0) is 6.18 Å². The van der Waals surface area contributed by atoms with Crippen molar-refractivity contribution in [2.75, 3.05) is 5.32 Å². The van der Waals surface area contributed by atoms with Crippen molar-refractivity contribution in [1.29, 1.82) is 0 Å². The van der Waals surface area contributed by atoms with Crippen LogP contribution in [0.25, 0.3) is 11.1 Å². The number of aromatic amines is 1. The number of hydrogen-bond acceptors (Lipinski definition) is 3. The quantitative estimate of drug-likeness (QED) is 0.562. The van der Waals surface area contributed by atoms with E-state index >= 15 is 0 Å². The van der Waals surface area contributed by atoms with Crippen LogP contribution in [-0.4, -0.2) is 9.97 Å². The molecule has 27 heavy (non-hydrogen) atoms. The summed E-state index contributed by atoms with van der Waals surface area (Å²) >= 11 is 3.30. The van der Waals surface area contributed by atoms with Crippen molar-refractivity contribution in [3.05, 3.63) is 74.2 Å². The lowest BCUT2D eigenvalue weighted by Crippen LogP contribution is -2.11. The molecule has 0 aliphatic rings. The minimum atomic E-state index is -4.42. The van der Waals surface area contributed by atoms with Crippen molar-refractivity contribution in [2.45, 2.75) is 20.0 Å². The van der Waals surface area contributed by atoms with Crippen LogP contribution in [0.2, 0.25) is 0 Å². The number of H-pyrrole nitrogens is 1. The maximum absolute atomic E-state index is 12.6. The van der Waals surface area contributed by atoms with Crippen LogP contribution in [0.1, 0.15) is 17.0 Å². The molecule has 0 radical (unpaired) electrons. The SMILES string of the molecule is Cc1[nH]c(C)c(-c2ccc(Nc3ccc(C(F)(F)F)cn3)cc2)c(=O)c1Br. The zero-order valence-corrected chi connectivity index (χ0v) is 16.0. The van der Waals surface area contributed by atoms with E-state index in [9.17, 15) is 18.0 Å². The molecule has 0 saturated carbocycles. The van der Waals surface area contributed by atoms with Crippen LogP contribution in [0.3, 0.4) is 0 Å². The highest BCUT2D eigenvalue weighted by atomic mass is 79.9. The molecular weight excluding hydrogens is 423 g/mol. The number of benzene rings is 1. The Balaban J connectivity index is 1.85. The molecular formula is C19H15BrF3N3O. The summed E-state index contributed by atoms with van der Waals surface area (Å²) < 4.78 is 38.2. The lowest BCUT2D eigenvalue weighted by Gasteiger charge is -2.11. The summed E-state index contributed by atoms with van der Waals surface area (Å²) in [6, 6.07) is 9.25. The molecule has 0 spiro atoms. The number of halogens is 4. The largest absolute Gasteiger partial charge is 0.417 e. The number of anilines is 2. The van der Waals surface area contributed by atoms with Gasteiger partial charge in [0.1, 0.15) is 5.82 Å². The van der Waals surface area contributed by atoms with E-state index in [0.717, 1.165) is 29.2 Å². The minimum absolute atomic E-state index is 0.103. The third-order valence-corrected chi connectivity index (χ3v) is 5.00. The number of rotatable bonds is 3. The van der Waals surface area contributed by atoms with Crippen molar-refractivity contribution < 1.29 is 13.2 Å². The molecule has 1 aromatic carbocycles. The van der Waals surface area contributed by atoms with Crippen molar-refractivity contribution in [3.63, 3.8) is 0 Å². The fourth-order valence-electron chi connectivity index (χ4n) is 2.70. The topological polar surface area (TPSA) is 57.8 Å². The summed E-state index contributed by atoms with van der Waals surface area (Å²) in [4.78, 5) is 19.4. The van der Waals surface area contributed by atoms with Gasteiger partial charge >= 0.3 is 6.18 Å².